The molecule has 1 amide bonds. The van der Waals surface area contributed by atoms with Gasteiger partial charge < -0.3 is 15.5 Å². The van der Waals surface area contributed by atoms with Gasteiger partial charge in [-0.3, -0.25) is 4.79 Å². The Labute approximate surface area is 99.4 Å². The Morgan fingerprint density at radius 1 is 1.29 bits per heavy atom. The van der Waals surface area contributed by atoms with Crippen LogP contribution in [0.4, 0.5) is 11.4 Å². The molecule has 0 spiro atoms. The van der Waals surface area contributed by atoms with Crippen molar-refractivity contribution in [2.24, 2.45) is 0 Å². The van der Waals surface area contributed by atoms with Crippen LogP contribution < -0.4 is 11.1 Å². The zero-order valence-corrected chi connectivity index (χ0v) is 9.78. The zero-order chi connectivity index (χ0) is 12.4. The molecule has 4 heteroatoms. The topological polar surface area (TPSA) is 68.3 Å². The summed E-state index contributed by atoms with van der Waals surface area (Å²) in [6, 6.07) is 5.32. The molecule has 0 bridgehead atoms. The van der Waals surface area contributed by atoms with Crippen LogP contribution in [0.2, 0.25) is 0 Å². The van der Waals surface area contributed by atoms with Crippen LogP contribution in [-0.2, 0) is 0 Å². The van der Waals surface area contributed by atoms with Crippen molar-refractivity contribution in [1.29, 1.82) is 0 Å². The Kier molecular flexibility index (Phi) is 2.87. The van der Waals surface area contributed by atoms with E-state index in [1.54, 1.807) is 12.1 Å². The van der Waals surface area contributed by atoms with Gasteiger partial charge in [0.25, 0.3) is 5.91 Å². The summed E-state index contributed by atoms with van der Waals surface area (Å²) in [5.41, 5.74) is 9.61. The van der Waals surface area contributed by atoms with Crippen molar-refractivity contribution in [2.45, 2.75) is 13.8 Å². The molecule has 0 aliphatic carbocycles. The molecule has 0 atom stereocenters. The van der Waals surface area contributed by atoms with Crippen LogP contribution in [0.15, 0.2) is 35.1 Å². The molecule has 2 aromatic rings. The lowest BCUT2D eigenvalue weighted by Crippen LogP contribution is -2.13. The van der Waals surface area contributed by atoms with Crippen LogP contribution in [0.25, 0.3) is 0 Å². The standard InChI is InChI=1S/C13H14N2O2/c1-8-3-4-11(14)12(9(8)2)15-13(16)10-5-6-17-7-10/h3-7H,14H2,1-2H3,(H,15,16). The van der Waals surface area contributed by atoms with Crippen molar-refractivity contribution in [3.05, 3.63) is 47.4 Å². The van der Waals surface area contributed by atoms with E-state index in [4.69, 9.17) is 10.2 Å². The molecule has 17 heavy (non-hydrogen) atoms. The van der Waals surface area contributed by atoms with Crippen LogP contribution >= 0.6 is 0 Å². The second-order valence-corrected chi connectivity index (χ2v) is 3.94. The normalized spacial score (nSPS) is 10.2. The Morgan fingerprint density at radius 2 is 2.06 bits per heavy atom. The van der Waals surface area contributed by atoms with Gasteiger partial charge in [-0.1, -0.05) is 6.07 Å². The Balaban J connectivity index is 2.31. The summed E-state index contributed by atoms with van der Waals surface area (Å²) in [6.45, 7) is 3.90. The summed E-state index contributed by atoms with van der Waals surface area (Å²) in [5.74, 6) is -0.223. The molecule has 0 saturated heterocycles. The molecule has 0 radical (unpaired) electrons. The highest BCUT2D eigenvalue weighted by Crippen LogP contribution is 2.26. The first-order chi connectivity index (χ1) is 8.09. The second-order valence-electron chi connectivity index (χ2n) is 3.94. The average Bonchev–Trinajstić information content (AvgIpc) is 2.83. The molecule has 1 heterocycles. The van der Waals surface area contributed by atoms with E-state index in [9.17, 15) is 4.79 Å². The summed E-state index contributed by atoms with van der Waals surface area (Å²) in [4.78, 5) is 11.9. The molecule has 0 aliphatic heterocycles. The van der Waals surface area contributed by atoms with E-state index >= 15 is 0 Å². The van der Waals surface area contributed by atoms with Gasteiger partial charge in [-0.25, -0.2) is 0 Å². The Morgan fingerprint density at radius 3 is 2.71 bits per heavy atom. The maximum Gasteiger partial charge on any atom is 0.258 e. The molecule has 0 fully saturated rings. The van der Waals surface area contributed by atoms with Gasteiger partial charge in [0.05, 0.1) is 23.2 Å². The number of hydrogen-bond acceptors (Lipinski definition) is 3. The minimum absolute atomic E-state index is 0.223. The number of rotatable bonds is 2. The molecule has 4 nitrogen and oxygen atoms in total. The molecule has 88 valence electrons. The summed E-state index contributed by atoms with van der Waals surface area (Å²) < 4.78 is 4.87. The Bertz CT molecular complexity index is 545. The maximum absolute atomic E-state index is 11.9. The zero-order valence-electron chi connectivity index (χ0n) is 9.78. The largest absolute Gasteiger partial charge is 0.472 e. The number of amides is 1. The summed E-state index contributed by atoms with van der Waals surface area (Å²) in [7, 11) is 0. The molecule has 3 N–H and O–H groups in total. The van der Waals surface area contributed by atoms with Crippen molar-refractivity contribution in [3.8, 4) is 0 Å². The van der Waals surface area contributed by atoms with Gasteiger partial charge >= 0.3 is 0 Å². The fourth-order valence-electron chi connectivity index (χ4n) is 1.58. The van der Waals surface area contributed by atoms with E-state index in [1.165, 1.54) is 12.5 Å². The predicted molar refractivity (Wildman–Crippen MR) is 67.0 cm³/mol. The second kappa shape index (κ2) is 4.33. The van der Waals surface area contributed by atoms with Gasteiger partial charge in [-0.15, -0.1) is 0 Å². The molecule has 0 aliphatic rings. The van der Waals surface area contributed by atoms with Gasteiger partial charge in [0, 0.05) is 0 Å². The Hall–Kier alpha value is -2.23. The van der Waals surface area contributed by atoms with Crippen LogP contribution in [-0.4, -0.2) is 5.91 Å². The number of hydrogen-bond donors (Lipinski definition) is 2. The number of aryl methyl sites for hydroxylation is 1. The number of carbonyl (C=O) groups is 1. The predicted octanol–water partition coefficient (Wildman–Crippen LogP) is 2.73. The number of benzene rings is 1. The smallest absolute Gasteiger partial charge is 0.258 e. The van der Waals surface area contributed by atoms with Crippen molar-refractivity contribution in [2.75, 3.05) is 11.1 Å². The lowest BCUT2D eigenvalue weighted by molar-refractivity contribution is 0.102. The van der Waals surface area contributed by atoms with Crippen LogP contribution in [0.5, 0.6) is 0 Å². The number of nitrogens with two attached hydrogens (primary N) is 1. The first-order valence-electron chi connectivity index (χ1n) is 5.29. The van der Waals surface area contributed by atoms with Crippen molar-refractivity contribution >= 4 is 17.3 Å². The van der Waals surface area contributed by atoms with Crippen molar-refractivity contribution in [3.63, 3.8) is 0 Å². The first-order valence-corrected chi connectivity index (χ1v) is 5.29. The lowest BCUT2D eigenvalue weighted by Gasteiger charge is -2.12. The van der Waals surface area contributed by atoms with Crippen molar-refractivity contribution < 1.29 is 9.21 Å². The molecule has 0 saturated carbocycles. The number of nitrogens with one attached hydrogen (secondary N) is 1. The van der Waals surface area contributed by atoms with Crippen LogP contribution in [0, 0.1) is 13.8 Å². The highest BCUT2D eigenvalue weighted by Gasteiger charge is 2.12. The van der Waals surface area contributed by atoms with E-state index in [0.29, 0.717) is 16.9 Å². The minimum atomic E-state index is -0.223. The number of nitrogen functional groups attached to an aromatic ring is 1. The van der Waals surface area contributed by atoms with Crippen LogP contribution in [0.3, 0.4) is 0 Å². The van der Waals surface area contributed by atoms with Gasteiger partial charge in [-0.2, -0.15) is 0 Å². The first kappa shape index (κ1) is 11.3. The number of furan rings is 1. The summed E-state index contributed by atoms with van der Waals surface area (Å²) in [5, 5.41) is 2.80. The van der Waals surface area contributed by atoms with Gasteiger partial charge in [0.2, 0.25) is 0 Å². The maximum atomic E-state index is 11.9. The third-order valence-electron chi connectivity index (χ3n) is 2.79. The fourth-order valence-corrected chi connectivity index (χ4v) is 1.58. The van der Waals surface area contributed by atoms with Gasteiger partial charge in [-0.05, 0) is 37.1 Å². The highest BCUT2D eigenvalue weighted by molar-refractivity contribution is 6.06. The van der Waals surface area contributed by atoms with Crippen LogP contribution in [0.1, 0.15) is 21.5 Å². The highest BCUT2D eigenvalue weighted by atomic mass is 16.3. The molecule has 2 rings (SSSR count). The average molecular weight is 230 g/mol. The third-order valence-corrected chi connectivity index (χ3v) is 2.79. The SMILES string of the molecule is Cc1ccc(N)c(NC(=O)c2ccoc2)c1C. The fraction of sp³-hybridized carbons (Fsp3) is 0.154. The molecule has 1 aromatic carbocycles. The molecular weight excluding hydrogens is 216 g/mol. The van der Waals surface area contributed by atoms with E-state index in [-0.39, 0.29) is 5.91 Å². The lowest BCUT2D eigenvalue weighted by atomic mass is 10.1. The van der Waals surface area contributed by atoms with E-state index < -0.39 is 0 Å². The third kappa shape index (κ3) is 2.15. The quantitative estimate of drug-likeness (QED) is 0.779. The van der Waals surface area contributed by atoms with Gasteiger partial charge in [0.1, 0.15) is 6.26 Å². The van der Waals surface area contributed by atoms with Crippen molar-refractivity contribution in [1.82, 2.24) is 0 Å². The monoisotopic (exact) mass is 230 g/mol. The van der Waals surface area contributed by atoms with E-state index in [2.05, 4.69) is 5.32 Å². The van der Waals surface area contributed by atoms with E-state index in [1.807, 2.05) is 19.9 Å². The number of carbonyl (C=O) groups excluding carboxylic acids is 1. The van der Waals surface area contributed by atoms with Gasteiger partial charge in [0.15, 0.2) is 0 Å². The molecular formula is C13H14N2O2. The van der Waals surface area contributed by atoms with E-state index in [0.717, 1.165) is 11.1 Å². The molecule has 0 unspecified atom stereocenters. The minimum Gasteiger partial charge on any atom is -0.472 e. The number of anilines is 2. The molecule has 1 aromatic heterocycles. The summed E-state index contributed by atoms with van der Waals surface area (Å²) in [6.07, 6.45) is 2.86. The summed E-state index contributed by atoms with van der Waals surface area (Å²) >= 11 is 0.